The minimum atomic E-state index is -0.210. The van der Waals surface area contributed by atoms with Crippen molar-refractivity contribution < 1.29 is 4.79 Å². The van der Waals surface area contributed by atoms with Crippen molar-refractivity contribution in [3.8, 4) is 0 Å². The zero-order valence-electron chi connectivity index (χ0n) is 10.8. The molecule has 94 valence electrons. The molecule has 0 radical (unpaired) electrons. The van der Waals surface area contributed by atoms with Crippen molar-refractivity contribution in [3.63, 3.8) is 0 Å². The molecule has 1 unspecified atom stereocenters. The van der Waals surface area contributed by atoms with Crippen molar-refractivity contribution >= 4 is 18.5 Å². The number of hydrogen-bond acceptors (Lipinski definition) is 2. The maximum Gasteiger partial charge on any atom is 0.235 e. The van der Waals surface area contributed by atoms with Crippen LogP contribution < -0.4 is 0 Å². The molecule has 0 saturated carbocycles. The van der Waals surface area contributed by atoms with E-state index in [9.17, 15) is 4.79 Å². The minimum absolute atomic E-state index is 0.120. The molecule has 2 nitrogen and oxygen atoms in total. The van der Waals surface area contributed by atoms with Crippen molar-refractivity contribution in [1.29, 1.82) is 0 Å². The zero-order valence-corrected chi connectivity index (χ0v) is 11.7. The quantitative estimate of drug-likeness (QED) is 0.798. The minimum Gasteiger partial charge on any atom is -0.338 e. The molecule has 1 aromatic rings. The van der Waals surface area contributed by atoms with E-state index in [2.05, 4.69) is 12.6 Å². The molecule has 0 spiro atoms. The number of rotatable bonds is 5. The van der Waals surface area contributed by atoms with Gasteiger partial charge in [-0.05, 0) is 18.4 Å². The molecule has 0 fully saturated rings. The highest BCUT2D eigenvalue weighted by Crippen LogP contribution is 2.14. The second-order valence-corrected chi connectivity index (χ2v) is 5.08. The molecule has 1 atom stereocenters. The monoisotopic (exact) mass is 251 g/mol. The third-order valence-corrected chi connectivity index (χ3v) is 3.61. The van der Waals surface area contributed by atoms with Crippen LogP contribution in [0.15, 0.2) is 30.3 Å². The predicted octanol–water partition coefficient (Wildman–Crippen LogP) is 2.99. The Morgan fingerprint density at radius 3 is 2.35 bits per heavy atom. The smallest absolute Gasteiger partial charge is 0.235 e. The fraction of sp³-hybridized carbons (Fsp3) is 0.500. The summed E-state index contributed by atoms with van der Waals surface area (Å²) in [4.78, 5) is 14.0. The van der Waals surface area contributed by atoms with Gasteiger partial charge in [-0.15, -0.1) is 0 Å². The third kappa shape index (κ3) is 4.08. The molecular formula is C14H21NOS. The normalized spacial score (nSPS) is 12.5. The number of benzene rings is 1. The number of thiol groups is 1. The number of nitrogens with zero attached hydrogens (tertiary/aromatic N) is 1. The van der Waals surface area contributed by atoms with Crippen LogP contribution in [0, 0.1) is 5.92 Å². The summed E-state index contributed by atoms with van der Waals surface area (Å²) in [6.07, 6.45) is 0. The topological polar surface area (TPSA) is 20.3 Å². The van der Waals surface area contributed by atoms with Gasteiger partial charge in [0.2, 0.25) is 5.91 Å². The molecule has 0 aliphatic rings. The summed E-state index contributed by atoms with van der Waals surface area (Å²) < 4.78 is 0. The van der Waals surface area contributed by atoms with Gasteiger partial charge in [0.25, 0.3) is 0 Å². The highest BCUT2D eigenvalue weighted by Gasteiger charge is 2.22. The van der Waals surface area contributed by atoms with E-state index in [1.54, 1.807) is 0 Å². The largest absolute Gasteiger partial charge is 0.338 e. The summed E-state index contributed by atoms with van der Waals surface area (Å²) in [6, 6.07) is 10.1. The Balaban J connectivity index is 2.69. The summed E-state index contributed by atoms with van der Waals surface area (Å²) in [5.74, 6) is 0.380. The first-order chi connectivity index (χ1) is 8.06. The number of carbonyl (C=O) groups is 1. The number of hydrogen-bond donors (Lipinski definition) is 1. The van der Waals surface area contributed by atoms with Crippen LogP contribution in [0.3, 0.4) is 0 Å². The number of amides is 1. The lowest BCUT2D eigenvalue weighted by Crippen LogP contribution is -2.38. The summed E-state index contributed by atoms with van der Waals surface area (Å²) in [6.45, 7) is 7.43. The molecule has 3 heteroatoms. The maximum absolute atomic E-state index is 12.2. The fourth-order valence-corrected chi connectivity index (χ4v) is 1.78. The molecule has 0 saturated heterocycles. The summed E-state index contributed by atoms with van der Waals surface area (Å²) >= 11 is 4.39. The van der Waals surface area contributed by atoms with Gasteiger partial charge in [-0.3, -0.25) is 4.79 Å². The Kier molecular flexibility index (Phi) is 5.56. The first kappa shape index (κ1) is 14.1. The van der Waals surface area contributed by atoms with Gasteiger partial charge in [0.15, 0.2) is 0 Å². The lowest BCUT2D eigenvalue weighted by Gasteiger charge is -2.25. The Morgan fingerprint density at radius 1 is 1.29 bits per heavy atom. The predicted molar refractivity (Wildman–Crippen MR) is 75.1 cm³/mol. The number of carbonyl (C=O) groups excluding carboxylic acids is 1. The van der Waals surface area contributed by atoms with Gasteiger partial charge >= 0.3 is 0 Å². The van der Waals surface area contributed by atoms with Crippen LogP contribution >= 0.6 is 12.6 Å². The van der Waals surface area contributed by atoms with Gasteiger partial charge in [0, 0.05) is 13.1 Å². The molecule has 17 heavy (non-hydrogen) atoms. The molecular weight excluding hydrogens is 230 g/mol. The Bertz CT molecular complexity index is 350. The fourth-order valence-electron chi connectivity index (χ4n) is 1.62. The van der Waals surface area contributed by atoms with Crippen LogP contribution in [0.5, 0.6) is 0 Å². The lowest BCUT2D eigenvalue weighted by atomic mass is 10.1. The van der Waals surface area contributed by atoms with E-state index < -0.39 is 0 Å². The van der Waals surface area contributed by atoms with Gasteiger partial charge in [0.05, 0.1) is 5.25 Å². The van der Waals surface area contributed by atoms with Crippen molar-refractivity contribution in [1.82, 2.24) is 4.90 Å². The highest BCUT2D eigenvalue weighted by atomic mass is 32.1. The Labute approximate surface area is 109 Å². The second-order valence-electron chi connectivity index (χ2n) is 4.53. The van der Waals surface area contributed by atoms with Crippen molar-refractivity contribution in [2.75, 3.05) is 6.54 Å². The van der Waals surface area contributed by atoms with E-state index >= 15 is 0 Å². The molecule has 0 aromatic heterocycles. The van der Waals surface area contributed by atoms with Gasteiger partial charge in [-0.2, -0.15) is 12.6 Å². The first-order valence-electron chi connectivity index (χ1n) is 6.07. The van der Waals surface area contributed by atoms with E-state index in [1.807, 2.05) is 56.0 Å². The Hall–Kier alpha value is -0.960. The highest BCUT2D eigenvalue weighted by molar-refractivity contribution is 7.81. The van der Waals surface area contributed by atoms with E-state index in [4.69, 9.17) is 0 Å². The van der Waals surface area contributed by atoms with Crippen molar-refractivity contribution in [3.05, 3.63) is 35.9 Å². The van der Waals surface area contributed by atoms with Gasteiger partial charge in [-0.25, -0.2) is 0 Å². The first-order valence-corrected chi connectivity index (χ1v) is 6.58. The van der Waals surface area contributed by atoms with Gasteiger partial charge in [0.1, 0.15) is 0 Å². The zero-order chi connectivity index (χ0) is 12.8. The summed E-state index contributed by atoms with van der Waals surface area (Å²) in [5.41, 5.74) is 1.16. The molecule has 0 heterocycles. The molecule has 1 rings (SSSR count). The lowest BCUT2D eigenvalue weighted by molar-refractivity contribution is -0.131. The van der Waals surface area contributed by atoms with Gasteiger partial charge < -0.3 is 4.90 Å². The van der Waals surface area contributed by atoms with E-state index in [-0.39, 0.29) is 17.1 Å². The Morgan fingerprint density at radius 2 is 1.88 bits per heavy atom. The average Bonchev–Trinajstić information content (AvgIpc) is 2.35. The standard InChI is InChI=1S/C14H21NOS/c1-4-15(14(16)13(17)11(2)3)10-12-8-6-5-7-9-12/h5-9,11,13,17H,4,10H2,1-3H3. The second kappa shape index (κ2) is 6.70. The third-order valence-electron chi connectivity index (χ3n) is 2.79. The molecule has 0 N–H and O–H groups in total. The van der Waals surface area contributed by atoms with Crippen LogP contribution in [-0.2, 0) is 11.3 Å². The van der Waals surface area contributed by atoms with Crippen molar-refractivity contribution in [2.45, 2.75) is 32.6 Å². The molecule has 1 aromatic carbocycles. The van der Waals surface area contributed by atoms with Crippen LogP contribution in [0.2, 0.25) is 0 Å². The molecule has 0 aliphatic heterocycles. The molecule has 1 amide bonds. The summed E-state index contributed by atoms with van der Waals surface area (Å²) in [5, 5.41) is -0.210. The summed E-state index contributed by atoms with van der Waals surface area (Å²) in [7, 11) is 0. The SMILES string of the molecule is CCN(Cc1ccccc1)C(=O)C(S)C(C)C. The van der Waals surface area contributed by atoms with E-state index in [1.165, 1.54) is 0 Å². The van der Waals surface area contributed by atoms with E-state index in [0.29, 0.717) is 6.54 Å². The van der Waals surface area contributed by atoms with E-state index in [0.717, 1.165) is 12.1 Å². The van der Waals surface area contributed by atoms with Crippen LogP contribution in [0.1, 0.15) is 26.3 Å². The molecule has 0 bridgehead atoms. The molecule has 0 aliphatic carbocycles. The average molecular weight is 251 g/mol. The van der Waals surface area contributed by atoms with Crippen LogP contribution in [0.4, 0.5) is 0 Å². The maximum atomic E-state index is 12.2. The van der Waals surface area contributed by atoms with Crippen LogP contribution in [0.25, 0.3) is 0 Å². The van der Waals surface area contributed by atoms with Crippen molar-refractivity contribution in [2.24, 2.45) is 5.92 Å². The van der Waals surface area contributed by atoms with Gasteiger partial charge in [-0.1, -0.05) is 44.2 Å². The van der Waals surface area contributed by atoms with Crippen LogP contribution in [-0.4, -0.2) is 22.6 Å².